The lowest BCUT2D eigenvalue weighted by Crippen LogP contribution is -2.29. The van der Waals surface area contributed by atoms with Gasteiger partial charge in [-0.1, -0.05) is 31.2 Å². The second-order valence-corrected chi connectivity index (χ2v) is 5.97. The number of carbonyl (C=O) groups excluding carboxylic acids is 1. The van der Waals surface area contributed by atoms with Crippen LogP contribution in [0.15, 0.2) is 48.5 Å². The number of hydrogen-bond acceptors (Lipinski definition) is 3. The highest BCUT2D eigenvalue weighted by molar-refractivity contribution is 5.93. The molecule has 1 aromatic heterocycles. The molecule has 0 bridgehead atoms. The third-order valence-corrected chi connectivity index (χ3v) is 4.10. The molecule has 0 spiro atoms. The maximum atomic E-state index is 12.5. The third-order valence-electron chi connectivity index (χ3n) is 4.10. The number of hydrogen-bond donors (Lipinski definition) is 2. The van der Waals surface area contributed by atoms with Crippen LogP contribution >= 0.6 is 12.4 Å². The SMILES string of the molecule is CCCn1c(=N)n(CC(=O)Nc2ccccc2OC(F)F)c2ccccc21.Cl. The first-order valence-electron chi connectivity index (χ1n) is 8.57. The van der Waals surface area contributed by atoms with E-state index in [-0.39, 0.29) is 36.0 Å². The van der Waals surface area contributed by atoms with Gasteiger partial charge in [-0.2, -0.15) is 8.78 Å². The number of nitrogens with one attached hydrogen (secondary N) is 2. The first kappa shape index (κ1) is 21.4. The lowest BCUT2D eigenvalue weighted by Gasteiger charge is -2.12. The molecule has 3 rings (SSSR count). The summed E-state index contributed by atoms with van der Waals surface area (Å²) in [5.74, 6) is -0.538. The predicted molar refractivity (Wildman–Crippen MR) is 105 cm³/mol. The molecule has 0 saturated carbocycles. The van der Waals surface area contributed by atoms with Crippen LogP contribution in [0.25, 0.3) is 11.0 Å². The molecule has 2 aromatic carbocycles. The van der Waals surface area contributed by atoms with Crippen LogP contribution in [0.3, 0.4) is 0 Å². The van der Waals surface area contributed by atoms with Crippen LogP contribution in [0.1, 0.15) is 13.3 Å². The van der Waals surface area contributed by atoms with Crippen LogP contribution in [-0.2, 0) is 17.9 Å². The summed E-state index contributed by atoms with van der Waals surface area (Å²) in [7, 11) is 0. The number of imidazole rings is 1. The summed E-state index contributed by atoms with van der Waals surface area (Å²) in [5.41, 5.74) is 2.01. The third kappa shape index (κ3) is 4.51. The molecule has 150 valence electrons. The number of benzene rings is 2. The summed E-state index contributed by atoms with van der Waals surface area (Å²) in [4.78, 5) is 12.5. The molecule has 9 heteroatoms. The van der Waals surface area contributed by atoms with E-state index in [0.29, 0.717) is 6.54 Å². The van der Waals surface area contributed by atoms with Gasteiger partial charge < -0.3 is 19.2 Å². The zero-order valence-electron chi connectivity index (χ0n) is 15.2. The molecule has 0 radical (unpaired) electrons. The molecule has 0 aliphatic carbocycles. The minimum atomic E-state index is -2.98. The molecule has 6 nitrogen and oxygen atoms in total. The van der Waals surface area contributed by atoms with Crippen molar-refractivity contribution in [2.45, 2.75) is 33.0 Å². The minimum absolute atomic E-state index is 0. The number of anilines is 1. The lowest BCUT2D eigenvalue weighted by molar-refractivity contribution is -0.116. The summed E-state index contributed by atoms with van der Waals surface area (Å²) in [6, 6.07) is 13.5. The van der Waals surface area contributed by atoms with Crippen LogP contribution in [0.5, 0.6) is 5.75 Å². The number of aryl methyl sites for hydroxylation is 1. The number of alkyl halides is 2. The second-order valence-electron chi connectivity index (χ2n) is 5.97. The van der Waals surface area contributed by atoms with E-state index in [1.54, 1.807) is 16.7 Å². The minimum Gasteiger partial charge on any atom is -0.433 e. The Bertz CT molecular complexity index is 1020. The number of rotatable bonds is 7. The Balaban J connectivity index is 0.00000280. The van der Waals surface area contributed by atoms with Crippen molar-refractivity contribution in [3.63, 3.8) is 0 Å². The van der Waals surface area contributed by atoms with Crippen molar-refractivity contribution in [3.05, 3.63) is 54.1 Å². The number of amides is 1. The number of fused-ring (bicyclic) bond motifs is 1. The Morgan fingerprint density at radius 2 is 1.71 bits per heavy atom. The van der Waals surface area contributed by atoms with E-state index in [1.165, 1.54) is 12.1 Å². The smallest absolute Gasteiger partial charge is 0.387 e. The molecule has 1 amide bonds. The molecule has 0 fully saturated rings. The van der Waals surface area contributed by atoms with Gasteiger partial charge in [-0.15, -0.1) is 12.4 Å². The van der Waals surface area contributed by atoms with Gasteiger partial charge in [-0.05, 0) is 30.7 Å². The van der Waals surface area contributed by atoms with Gasteiger partial charge in [0, 0.05) is 6.54 Å². The zero-order valence-corrected chi connectivity index (χ0v) is 16.0. The average molecular weight is 411 g/mol. The van der Waals surface area contributed by atoms with Gasteiger partial charge in [0.05, 0.1) is 16.7 Å². The number of carbonyl (C=O) groups is 1. The monoisotopic (exact) mass is 410 g/mol. The normalized spacial score (nSPS) is 10.7. The number of halogens is 3. The Labute approximate surface area is 166 Å². The molecule has 1 heterocycles. The standard InChI is InChI=1S/C19H20F2N4O2.ClH/c1-2-11-24-14-8-4-5-9-15(14)25(19(24)22)12-17(26)23-13-7-3-6-10-16(13)27-18(20)21;/h3-10,18,22H,2,11-12H2,1H3,(H,23,26);1H. The maximum absolute atomic E-state index is 12.5. The van der Waals surface area contributed by atoms with Gasteiger partial charge >= 0.3 is 6.61 Å². The number of para-hydroxylation sites is 4. The fourth-order valence-electron chi connectivity index (χ4n) is 3.01. The molecule has 2 N–H and O–H groups in total. The number of ether oxygens (including phenoxy) is 1. The summed E-state index contributed by atoms with van der Waals surface area (Å²) in [6.07, 6.45) is 0.856. The van der Waals surface area contributed by atoms with Crippen LogP contribution in [0.4, 0.5) is 14.5 Å². The topological polar surface area (TPSA) is 72.0 Å². The molecule has 0 aliphatic rings. The Kier molecular flexibility index (Phi) is 7.17. The molecule has 0 atom stereocenters. The van der Waals surface area contributed by atoms with Crippen molar-refractivity contribution in [1.29, 1.82) is 5.41 Å². The maximum Gasteiger partial charge on any atom is 0.387 e. The van der Waals surface area contributed by atoms with Crippen molar-refractivity contribution < 1.29 is 18.3 Å². The van der Waals surface area contributed by atoms with Gasteiger partial charge in [0.25, 0.3) is 0 Å². The Morgan fingerprint density at radius 3 is 2.36 bits per heavy atom. The van der Waals surface area contributed by atoms with E-state index in [9.17, 15) is 13.6 Å². The van der Waals surface area contributed by atoms with Crippen LogP contribution in [-0.4, -0.2) is 21.7 Å². The van der Waals surface area contributed by atoms with E-state index in [0.717, 1.165) is 17.5 Å². The molecular weight excluding hydrogens is 390 g/mol. The zero-order chi connectivity index (χ0) is 19.4. The van der Waals surface area contributed by atoms with Crippen LogP contribution < -0.4 is 15.7 Å². The van der Waals surface area contributed by atoms with Crippen LogP contribution in [0, 0.1) is 5.41 Å². The quantitative estimate of drug-likeness (QED) is 0.618. The van der Waals surface area contributed by atoms with Crippen molar-refractivity contribution in [2.75, 3.05) is 5.32 Å². The Morgan fingerprint density at radius 1 is 1.11 bits per heavy atom. The van der Waals surface area contributed by atoms with Gasteiger partial charge in [0.2, 0.25) is 11.5 Å². The summed E-state index contributed by atoms with van der Waals surface area (Å²) in [5, 5.41) is 11.0. The van der Waals surface area contributed by atoms with E-state index in [1.807, 2.05) is 35.8 Å². The van der Waals surface area contributed by atoms with E-state index in [4.69, 9.17) is 5.41 Å². The molecular formula is C19H21ClF2N4O2. The van der Waals surface area contributed by atoms with Crippen molar-refractivity contribution >= 4 is 35.0 Å². The van der Waals surface area contributed by atoms with Crippen molar-refractivity contribution in [3.8, 4) is 5.75 Å². The predicted octanol–water partition coefficient (Wildman–Crippen LogP) is 3.99. The van der Waals surface area contributed by atoms with E-state index in [2.05, 4.69) is 10.1 Å². The van der Waals surface area contributed by atoms with Gasteiger partial charge in [0.15, 0.2) is 0 Å². The number of nitrogens with zero attached hydrogens (tertiary/aromatic N) is 2. The average Bonchev–Trinajstić information content (AvgIpc) is 2.89. The number of aromatic nitrogens is 2. The van der Waals surface area contributed by atoms with E-state index < -0.39 is 12.5 Å². The Hall–Kier alpha value is -2.87. The molecule has 28 heavy (non-hydrogen) atoms. The highest BCUT2D eigenvalue weighted by Crippen LogP contribution is 2.25. The van der Waals surface area contributed by atoms with Gasteiger partial charge in [-0.25, -0.2) is 0 Å². The van der Waals surface area contributed by atoms with Crippen molar-refractivity contribution in [1.82, 2.24) is 9.13 Å². The summed E-state index contributed by atoms with van der Waals surface area (Å²) < 4.78 is 32.9. The van der Waals surface area contributed by atoms with Gasteiger partial charge in [0.1, 0.15) is 12.3 Å². The largest absolute Gasteiger partial charge is 0.433 e. The molecule has 0 saturated heterocycles. The lowest BCUT2D eigenvalue weighted by atomic mass is 10.3. The summed E-state index contributed by atoms with van der Waals surface area (Å²) in [6.45, 7) is -0.409. The molecule has 3 aromatic rings. The van der Waals surface area contributed by atoms with Crippen molar-refractivity contribution in [2.24, 2.45) is 0 Å². The fourth-order valence-corrected chi connectivity index (χ4v) is 3.01. The van der Waals surface area contributed by atoms with E-state index >= 15 is 0 Å². The van der Waals surface area contributed by atoms with Crippen LogP contribution in [0.2, 0.25) is 0 Å². The first-order chi connectivity index (χ1) is 13.0. The van der Waals surface area contributed by atoms with Gasteiger partial charge in [-0.3, -0.25) is 10.2 Å². The molecule has 0 aliphatic heterocycles. The highest BCUT2D eigenvalue weighted by atomic mass is 35.5. The first-order valence-corrected chi connectivity index (χ1v) is 8.57. The second kappa shape index (κ2) is 9.36. The highest BCUT2D eigenvalue weighted by Gasteiger charge is 2.15. The molecule has 0 unspecified atom stereocenters. The summed E-state index contributed by atoms with van der Waals surface area (Å²) >= 11 is 0. The fraction of sp³-hybridized carbons (Fsp3) is 0.263.